The topological polar surface area (TPSA) is 72.5 Å². The Bertz CT molecular complexity index is 485. The number of aryl methyl sites for hydroxylation is 1. The Morgan fingerprint density at radius 3 is 2.82 bits per heavy atom. The molecule has 5 nitrogen and oxygen atoms in total. The summed E-state index contributed by atoms with van der Waals surface area (Å²) in [5, 5.41) is 4.14. The number of nitrogens with zero attached hydrogens (tertiary/aromatic N) is 3. The molecule has 17 heavy (non-hydrogen) atoms. The van der Waals surface area contributed by atoms with Crippen LogP contribution in [0.3, 0.4) is 0 Å². The fourth-order valence-electron chi connectivity index (χ4n) is 1.74. The number of aromatic nitrogens is 4. The van der Waals surface area contributed by atoms with Crippen LogP contribution in [0, 0.1) is 5.92 Å². The van der Waals surface area contributed by atoms with E-state index in [1.807, 2.05) is 25.6 Å². The van der Waals surface area contributed by atoms with E-state index >= 15 is 0 Å². The van der Waals surface area contributed by atoms with E-state index in [1.54, 1.807) is 4.68 Å². The molecule has 2 unspecified atom stereocenters. The normalized spacial score (nSPS) is 14.8. The van der Waals surface area contributed by atoms with E-state index in [1.165, 1.54) is 0 Å². The van der Waals surface area contributed by atoms with Gasteiger partial charge in [0.05, 0.1) is 24.1 Å². The summed E-state index contributed by atoms with van der Waals surface area (Å²) in [5.41, 5.74) is 8.13. The summed E-state index contributed by atoms with van der Waals surface area (Å²) in [6, 6.07) is -0.0366. The van der Waals surface area contributed by atoms with Gasteiger partial charge in [0.2, 0.25) is 0 Å². The molecule has 0 bridgehead atoms. The third-order valence-electron chi connectivity index (χ3n) is 3.18. The lowest BCUT2D eigenvalue weighted by Gasteiger charge is -2.15. The Labute approximate surface area is 101 Å². The van der Waals surface area contributed by atoms with Gasteiger partial charge in [-0.25, -0.2) is 4.98 Å². The highest BCUT2D eigenvalue weighted by Crippen LogP contribution is 2.22. The third kappa shape index (κ3) is 2.39. The Morgan fingerprint density at radius 2 is 2.24 bits per heavy atom. The van der Waals surface area contributed by atoms with Gasteiger partial charge in [-0.3, -0.25) is 4.68 Å². The summed E-state index contributed by atoms with van der Waals surface area (Å²) in [6.07, 6.45) is 6.62. The van der Waals surface area contributed by atoms with Gasteiger partial charge in [0.25, 0.3) is 0 Å². The van der Waals surface area contributed by atoms with Gasteiger partial charge in [0.15, 0.2) is 0 Å². The van der Waals surface area contributed by atoms with Crippen molar-refractivity contribution in [3.8, 4) is 11.3 Å². The zero-order valence-corrected chi connectivity index (χ0v) is 10.5. The van der Waals surface area contributed by atoms with Crippen molar-refractivity contribution < 1.29 is 0 Å². The third-order valence-corrected chi connectivity index (χ3v) is 3.18. The average Bonchev–Trinajstić information content (AvgIpc) is 2.95. The highest BCUT2D eigenvalue weighted by Gasteiger charge is 2.16. The van der Waals surface area contributed by atoms with Crippen LogP contribution >= 0.6 is 0 Å². The minimum Gasteiger partial charge on any atom is -0.341 e. The van der Waals surface area contributed by atoms with Crippen molar-refractivity contribution in [3.63, 3.8) is 0 Å². The number of aromatic amines is 1. The van der Waals surface area contributed by atoms with Gasteiger partial charge in [-0.15, -0.1) is 0 Å². The van der Waals surface area contributed by atoms with Gasteiger partial charge in [0, 0.05) is 18.8 Å². The number of imidazole rings is 1. The number of nitrogens with two attached hydrogens (primary N) is 1. The van der Waals surface area contributed by atoms with E-state index in [2.05, 4.69) is 28.9 Å². The fourth-order valence-corrected chi connectivity index (χ4v) is 1.74. The van der Waals surface area contributed by atoms with Gasteiger partial charge in [-0.1, -0.05) is 20.3 Å². The second kappa shape index (κ2) is 4.71. The molecule has 92 valence electrons. The smallest absolute Gasteiger partial charge is 0.123 e. The van der Waals surface area contributed by atoms with Crippen LogP contribution in [0.15, 0.2) is 18.6 Å². The van der Waals surface area contributed by atoms with Crippen molar-refractivity contribution in [1.82, 2.24) is 19.7 Å². The number of H-pyrrole nitrogens is 1. The van der Waals surface area contributed by atoms with Crippen molar-refractivity contribution in [2.75, 3.05) is 0 Å². The van der Waals surface area contributed by atoms with Gasteiger partial charge in [-0.05, 0) is 5.92 Å². The molecule has 2 aromatic rings. The molecular weight excluding hydrogens is 214 g/mol. The van der Waals surface area contributed by atoms with Crippen LogP contribution in [0.4, 0.5) is 0 Å². The van der Waals surface area contributed by atoms with E-state index in [-0.39, 0.29) is 6.04 Å². The summed E-state index contributed by atoms with van der Waals surface area (Å²) >= 11 is 0. The average molecular weight is 233 g/mol. The summed E-state index contributed by atoms with van der Waals surface area (Å²) in [6.45, 7) is 4.27. The Kier molecular flexibility index (Phi) is 3.28. The maximum Gasteiger partial charge on any atom is 0.123 e. The number of hydrogen-bond acceptors (Lipinski definition) is 3. The van der Waals surface area contributed by atoms with Gasteiger partial charge in [0.1, 0.15) is 5.82 Å². The minimum absolute atomic E-state index is 0.0366. The SMILES string of the molecule is CCC(C)C(N)c1ncc(-c2cnn(C)c2)[nH]1. The zero-order chi connectivity index (χ0) is 12.4. The second-order valence-corrected chi connectivity index (χ2v) is 4.50. The summed E-state index contributed by atoms with van der Waals surface area (Å²) in [5.74, 6) is 1.26. The van der Waals surface area contributed by atoms with Crippen LogP contribution < -0.4 is 5.73 Å². The summed E-state index contributed by atoms with van der Waals surface area (Å²) in [4.78, 5) is 7.62. The Morgan fingerprint density at radius 1 is 1.47 bits per heavy atom. The molecule has 0 aliphatic carbocycles. The zero-order valence-electron chi connectivity index (χ0n) is 10.5. The Hall–Kier alpha value is -1.62. The predicted octanol–water partition coefficient (Wildman–Crippen LogP) is 1.86. The van der Waals surface area contributed by atoms with Crippen LogP contribution in [0.5, 0.6) is 0 Å². The fraction of sp³-hybridized carbons (Fsp3) is 0.500. The highest BCUT2D eigenvalue weighted by molar-refractivity contribution is 5.56. The van der Waals surface area contributed by atoms with Gasteiger partial charge >= 0.3 is 0 Å². The van der Waals surface area contributed by atoms with E-state index < -0.39 is 0 Å². The first kappa shape index (κ1) is 11.9. The number of rotatable bonds is 4. The lowest BCUT2D eigenvalue weighted by atomic mass is 10.00. The van der Waals surface area contributed by atoms with E-state index in [0.29, 0.717) is 5.92 Å². The molecule has 0 fully saturated rings. The van der Waals surface area contributed by atoms with E-state index in [0.717, 1.165) is 23.5 Å². The van der Waals surface area contributed by atoms with Crippen molar-refractivity contribution in [3.05, 3.63) is 24.4 Å². The van der Waals surface area contributed by atoms with Crippen LogP contribution in [-0.4, -0.2) is 19.7 Å². The molecule has 0 aliphatic rings. The van der Waals surface area contributed by atoms with E-state index in [9.17, 15) is 0 Å². The molecule has 5 heteroatoms. The molecule has 0 amide bonds. The molecule has 0 saturated carbocycles. The van der Waals surface area contributed by atoms with Crippen molar-refractivity contribution in [2.45, 2.75) is 26.3 Å². The predicted molar refractivity (Wildman–Crippen MR) is 67.2 cm³/mol. The molecule has 2 rings (SSSR count). The standard InChI is InChI=1S/C12H19N5/c1-4-8(2)11(13)12-14-6-10(16-12)9-5-15-17(3)7-9/h5-8,11H,4,13H2,1-3H3,(H,14,16). The molecular formula is C12H19N5. The molecule has 2 heterocycles. The maximum atomic E-state index is 6.13. The maximum absolute atomic E-state index is 6.13. The van der Waals surface area contributed by atoms with Crippen LogP contribution in [-0.2, 0) is 7.05 Å². The summed E-state index contributed by atoms with van der Waals surface area (Å²) in [7, 11) is 1.89. The number of nitrogens with one attached hydrogen (secondary N) is 1. The lowest BCUT2D eigenvalue weighted by molar-refractivity contribution is 0.441. The van der Waals surface area contributed by atoms with Crippen LogP contribution in [0.2, 0.25) is 0 Å². The molecule has 0 aliphatic heterocycles. The van der Waals surface area contributed by atoms with Crippen LogP contribution in [0.25, 0.3) is 11.3 Å². The first-order valence-corrected chi connectivity index (χ1v) is 5.91. The lowest BCUT2D eigenvalue weighted by Crippen LogP contribution is -2.19. The highest BCUT2D eigenvalue weighted by atomic mass is 15.2. The first-order chi connectivity index (χ1) is 8.11. The van der Waals surface area contributed by atoms with Crippen LogP contribution in [0.1, 0.15) is 32.1 Å². The van der Waals surface area contributed by atoms with Gasteiger partial charge < -0.3 is 10.7 Å². The molecule has 3 N–H and O–H groups in total. The molecule has 2 atom stereocenters. The number of hydrogen-bond donors (Lipinski definition) is 2. The monoisotopic (exact) mass is 233 g/mol. The van der Waals surface area contributed by atoms with Gasteiger partial charge in [-0.2, -0.15) is 5.10 Å². The Balaban J connectivity index is 2.21. The largest absolute Gasteiger partial charge is 0.341 e. The molecule has 0 saturated heterocycles. The van der Waals surface area contributed by atoms with E-state index in [4.69, 9.17) is 5.73 Å². The minimum atomic E-state index is -0.0366. The molecule has 0 spiro atoms. The molecule has 0 radical (unpaired) electrons. The molecule has 2 aromatic heterocycles. The second-order valence-electron chi connectivity index (χ2n) is 4.50. The first-order valence-electron chi connectivity index (χ1n) is 5.91. The van der Waals surface area contributed by atoms with Crippen molar-refractivity contribution in [1.29, 1.82) is 0 Å². The van der Waals surface area contributed by atoms with Crippen molar-refractivity contribution in [2.24, 2.45) is 18.7 Å². The quantitative estimate of drug-likeness (QED) is 0.846. The summed E-state index contributed by atoms with van der Waals surface area (Å²) < 4.78 is 1.77. The van der Waals surface area contributed by atoms with Crippen molar-refractivity contribution >= 4 is 0 Å². The molecule has 0 aromatic carbocycles.